The monoisotopic (exact) mass is 377 g/mol. The van der Waals surface area contributed by atoms with Crippen molar-refractivity contribution < 1.29 is 9.96 Å². The molecule has 2 nitrogen and oxygen atoms in total. The minimum Gasteiger partial charge on any atom is -0.870 e. The van der Waals surface area contributed by atoms with Gasteiger partial charge in [0.25, 0.3) is 0 Å². The van der Waals surface area contributed by atoms with Crippen molar-refractivity contribution in [2.24, 2.45) is 0 Å². The van der Waals surface area contributed by atoms with Gasteiger partial charge in [0.15, 0.2) is 0 Å². The van der Waals surface area contributed by atoms with Crippen molar-refractivity contribution in [3.8, 4) is 0 Å². The molecule has 2 heteroatoms. The number of hydrogen-bond donors (Lipinski definition) is 0. The van der Waals surface area contributed by atoms with Crippen LogP contribution in [0.2, 0.25) is 0 Å². The van der Waals surface area contributed by atoms with Gasteiger partial charge in [0.05, 0.1) is 19.6 Å². The molecule has 1 aromatic rings. The highest BCUT2D eigenvalue weighted by molar-refractivity contribution is 5.13. The minimum absolute atomic E-state index is 0. The first-order chi connectivity index (χ1) is 12.8. The number of unbranched alkanes of at least 4 members (excludes halogenated alkanes) is 11. The summed E-state index contributed by atoms with van der Waals surface area (Å²) in [4.78, 5) is 0. The van der Waals surface area contributed by atoms with Crippen molar-refractivity contribution in [1.82, 2.24) is 0 Å². The van der Waals surface area contributed by atoms with Crippen LogP contribution >= 0.6 is 0 Å². The van der Waals surface area contributed by atoms with Crippen LogP contribution in [0.5, 0.6) is 0 Å². The Hall–Kier alpha value is -0.860. The van der Waals surface area contributed by atoms with Crippen LogP contribution in [0.25, 0.3) is 0 Å². The van der Waals surface area contributed by atoms with Gasteiger partial charge in [0.1, 0.15) is 6.54 Å². The Labute approximate surface area is 170 Å². The molecular formula is C25H47NO. The van der Waals surface area contributed by atoms with Crippen molar-refractivity contribution in [1.29, 1.82) is 0 Å². The predicted octanol–water partition coefficient (Wildman–Crippen LogP) is 7.57. The molecule has 1 N–H and O–H groups in total. The lowest BCUT2D eigenvalue weighted by molar-refractivity contribution is -0.938. The zero-order chi connectivity index (χ0) is 18.9. The molecule has 0 saturated carbocycles. The molecule has 0 amide bonds. The lowest BCUT2D eigenvalue weighted by atomic mass is 10.0. The third kappa shape index (κ3) is 12.3. The number of nitrogens with zero attached hydrogens (tertiary/aromatic N) is 1. The lowest BCUT2D eigenvalue weighted by Crippen LogP contribution is -2.47. The quantitative estimate of drug-likeness (QED) is 0.203. The van der Waals surface area contributed by atoms with E-state index < -0.39 is 0 Å². The Morgan fingerprint density at radius 3 is 1.48 bits per heavy atom. The van der Waals surface area contributed by atoms with E-state index in [0.717, 1.165) is 0 Å². The Morgan fingerprint density at radius 1 is 0.593 bits per heavy atom. The molecule has 158 valence electrons. The van der Waals surface area contributed by atoms with Crippen LogP contribution in [0.1, 0.15) is 103 Å². The summed E-state index contributed by atoms with van der Waals surface area (Å²) in [5.74, 6) is 0. The van der Waals surface area contributed by atoms with Crippen LogP contribution < -0.4 is 0 Å². The van der Waals surface area contributed by atoms with E-state index in [1.807, 2.05) is 0 Å². The number of benzene rings is 1. The normalized spacial score (nSPS) is 11.4. The first-order valence-electron chi connectivity index (χ1n) is 11.7. The summed E-state index contributed by atoms with van der Waals surface area (Å²) in [6.07, 6.45) is 17.3. The van der Waals surface area contributed by atoms with Crippen molar-refractivity contribution in [3.63, 3.8) is 0 Å². The standard InChI is InChI=1S/C25H46N.H2O/c1-4-7-8-9-10-11-12-13-14-15-16-20-23-26(5-2,6-3)24-25-21-18-17-19-22-25;/h17-19,21-22H,4-16,20,23-24H2,1-3H3;1H2/q+1;/p-1. The van der Waals surface area contributed by atoms with E-state index in [4.69, 9.17) is 0 Å². The van der Waals surface area contributed by atoms with Gasteiger partial charge in [-0.15, -0.1) is 0 Å². The molecule has 0 aliphatic carbocycles. The van der Waals surface area contributed by atoms with Gasteiger partial charge in [-0.25, -0.2) is 0 Å². The summed E-state index contributed by atoms with van der Waals surface area (Å²) in [6, 6.07) is 11.1. The highest BCUT2D eigenvalue weighted by Crippen LogP contribution is 2.17. The van der Waals surface area contributed by atoms with E-state index in [2.05, 4.69) is 51.1 Å². The maximum Gasteiger partial charge on any atom is 0.104 e. The summed E-state index contributed by atoms with van der Waals surface area (Å²) < 4.78 is 1.25. The molecular weight excluding hydrogens is 330 g/mol. The van der Waals surface area contributed by atoms with Gasteiger partial charge in [-0.1, -0.05) is 101 Å². The van der Waals surface area contributed by atoms with Crippen molar-refractivity contribution in [3.05, 3.63) is 35.9 Å². The zero-order valence-electron chi connectivity index (χ0n) is 18.6. The van der Waals surface area contributed by atoms with Crippen LogP contribution in [0, 0.1) is 0 Å². The number of rotatable bonds is 17. The van der Waals surface area contributed by atoms with E-state index in [9.17, 15) is 0 Å². The fraction of sp³-hybridized carbons (Fsp3) is 0.760. The predicted molar refractivity (Wildman–Crippen MR) is 119 cm³/mol. The third-order valence-electron chi connectivity index (χ3n) is 6.19. The highest BCUT2D eigenvalue weighted by atomic mass is 16.0. The maximum absolute atomic E-state index is 2.37. The first kappa shape index (κ1) is 26.1. The van der Waals surface area contributed by atoms with Crippen LogP contribution in [0.4, 0.5) is 0 Å². The molecule has 0 unspecified atom stereocenters. The number of quaternary nitrogens is 1. The second-order valence-electron chi connectivity index (χ2n) is 8.23. The summed E-state index contributed by atoms with van der Waals surface area (Å²) in [5, 5.41) is 0. The summed E-state index contributed by atoms with van der Waals surface area (Å²) in [6.45, 7) is 12.1. The molecule has 0 atom stereocenters. The number of hydrogen-bond acceptors (Lipinski definition) is 1. The average Bonchev–Trinajstić information content (AvgIpc) is 2.68. The molecule has 0 heterocycles. The van der Waals surface area contributed by atoms with Crippen LogP contribution in [0.15, 0.2) is 30.3 Å². The van der Waals surface area contributed by atoms with Gasteiger partial charge in [-0.3, -0.25) is 0 Å². The third-order valence-corrected chi connectivity index (χ3v) is 6.19. The van der Waals surface area contributed by atoms with Crippen molar-refractivity contribution in [2.45, 2.75) is 104 Å². The topological polar surface area (TPSA) is 30.0 Å². The molecule has 1 rings (SSSR count). The lowest BCUT2D eigenvalue weighted by Gasteiger charge is -2.37. The molecule has 0 fully saturated rings. The zero-order valence-corrected chi connectivity index (χ0v) is 18.6. The Bertz CT molecular complexity index is 414. The molecule has 0 saturated heterocycles. The fourth-order valence-corrected chi connectivity index (χ4v) is 4.10. The van der Waals surface area contributed by atoms with Gasteiger partial charge in [0, 0.05) is 5.56 Å². The van der Waals surface area contributed by atoms with Crippen molar-refractivity contribution >= 4 is 0 Å². The first-order valence-corrected chi connectivity index (χ1v) is 11.7. The molecule has 0 aliphatic rings. The van der Waals surface area contributed by atoms with Gasteiger partial charge >= 0.3 is 0 Å². The molecule has 1 aromatic carbocycles. The molecule has 0 spiro atoms. The summed E-state index contributed by atoms with van der Waals surface area (Å²) >= 11 is 0. The van der Waals surface area contributed by atoms with Gasteiger partial charge in [-0.2, -0.15) is 0 Å². The summed E-state index contributed by atoms with van der Waals surface area (Å²) in [7, 11) is 0. The maximum atomic E-state index is 2.37. The molecule has 0 bridgehead atoms. The fourth-order valence-electron chi connectivity index (χ4n) is 4.10. The average molecular weight is 378 g/mol. The second-order valence-corrected chi connectivity index (χ2v) is 8.23. The second kappa shape index (κ2) is 17.3. The van der Waals surface area contributed by atoms with E-state index >= 15 is 0 Å². The van der Waals surface area contributed by atoms with Crippen LogP contribution in [-0.2, 0) is 6.54 Å². The van der Waals surface area contributed by atoms with E-state index in [1.54, 1.807) is 0 Å². The van der Waals surface area contributed by atoms with Crippen LogP contribution in [-0.4, -0.2) is 29.6 Å². The van der Waals surface area contributed by atoms with Crippen LogP contribution in [0.3, 0.4) is 0 Å². The highest BCUT2D eigenvalue weighted by Gasteiger charge is 2.22. The molecule has 0 aromatic heterocycles. The van der Waals surface area contributed by atoms with E-state index in [0.29, 0.717) is 0 Å². The Morgan fingerprint density at radius 2 is 1.04 bits per heavy atom. The van der Waals surface area contributed by atoms with E-state index in [-0.39, 0.29) is 5.48 Å². The van der Waals surface area contributed by atoms with E-state index in [1.165, 1.54) is 113 Å². The smallest absolute Gasteiger partial charge is 0.104 e. The molecule has 27 heavy (non-hydrogen) atoms. The molecule has 0 aliphatic heterocycles. The SMILES string of the molecule is CCCCCCCCCCCCCC[N+](CC)(CC)Cc1ccccc1.[OH-]. The Kier molecular flexibility index (Phi) is 16.7. The summed E-state index contributed by atoms with van der Waals surface area (Å²) in [5.41, 5.74) is 1.50. The van der Waals surface area contributed by atoms with Gasteiger partial charge < -0.3 is 9.96 Å². The largest absolute Gasteiger partial charge is 0.870 e. The van der Waals surface area contributed by atoms with Gasteiger partial charge in [0.2, 0.25) is 0 Å². The Balaban J connectivity index is 0.00000676. The van der Waals surface area contributed by atoms with Crippen molar-refractivity contribution in [2.75, 3.05) is 19.6 Å². The van der Waals surface area contributed by atoms with Gasteiger partial charge in [-0.05, 0) is 26.7 Å². The minimum atomic E-state index is 0. The molecule has 0 radical (unpaired) electrons.